The number of carboxylic acids is 1. The lowest BCUT2D eigenvalue weighted by Crippen LogP contribution is -2.43. The van der Waals surface area contributed by atoms with Crippen molar-refractivity contribution in [2.24, 2.45) is 10.9 Å². The fraction of sp³-hybridized carbons (Fsp3) is 0.344. The van der Waals surface area contributed by atoms with Gasteiger partial charge in [-0.1, -0.05) is 55.3 Å². The third-order valence-corrected chi connectivity index (χ3v) is 7.17. The number of carbonyl (C=O) groups is 3. The minimum Gasteiger partial charge on any atom is -0.481 e. The molecular weight excluding hydrogens is 594 g/mol. The Morgan fingerprint density at radius 2 is 1.82 bits per heavy atom. The first kappa shape index (κ1) is 38.4. The molecule has 0 saturated heterocycles. The number of aryl methyl sites for hydroxylation is 1. The molecule has 0 spiro atoms. The maximum absolute atomic E-state index is 11.9. The predicted molar refractivity (Wildman–Crippen MR) is 180 cm³/mol. The first-order valence-corrected chi connectivity index (χ1v) is 15.4. The number of aliphatic carboxylic acids is 1. The summed E-state index contributed by atoms with van der Waals surface area (Å²) >= 11 is 1.39. The molecule has 242 valence electrons. The predicted octanol–water partition coefficient (Wildman–Crippen LogP) is 4.71. The van der Waals surface area contributed by atoms with Crippen LogP contribution in [-0.4, -0.2) is 52.8 Å². The van der Waals surface area contributed by atoms with E-state index in [2.05, 4.69) is 32.4 Å². The fourth-order valence-electron chi connectivity index (χ4n) is 3.51. The second kappa shape index (κ2) is 22.9. The van der Waals surface area contributed by atoms with Gasteiger partial charge in [0.2, 0.25) is 12.3 Å². The maximum atomic E-state index is 11.9. The highest BCUT2D eigenvalue weighted by molar-refractivity contribution is 7.96. The van der Waals surface area contributed by atoms with Gasteiger partial charge in [-0.05, 0) is 79.3 Å². The molecule has 2 aromatic rings. The number of allylic oxidation sites excluding steroid dienone is 3. The minimum atomic E-state index is -0.872. The van der Waals surface area contributed by atoms with Gasteiger partial charge in [0.15, 0.2) is 0 Å². The molecule has 0 saturated carbocycles. The average Bonchev–Trinajstić information content (AvgIpc) is 3.30. The fourth-order valence-corrected chi connectivity index (χ4v) is 4.31. The number of hydrogen-bond donors (Lipinski definition) is 6. The summed E-state index contributed by atoms with van der Waals surface area (Å²) in [6.45, 7) is 6.19. The van der Waals surface area contributed by atoms with E-state index in [1.165, 1.54) is 17.5 Å². The molecule has 1 aliphatic rings. The van der Waals surface area contributed by atoms with E-state index < -0.39 is 12.0 Å². The number of nitrogens with one attached hydrogen (secondary N) is 4. The first-order valence-electron chi connectivity index (χ1n) is 14.4. The van der Waals surface area contributed by atoms with E-state index in [4.69, 9.17) is 16.2 Å². The summed E-state index contributed by atoms with van der Waals surface area (Å²) < 4.78 is 3.03. The molecule has 3 rings (SSSR count). The van der Waals surface area contributed by atoms with Gasteiger partial charge >= 0.3 is 5.97 Å². The highest BCUT2D eigenvalue weighted by Gasteiger charge is 2.15. The van der Waals surface area contributed by atoms with Crippen LogP contribution in [0.2, 0.25) is 0 Å². The molecule has 1 aromatic carbocycles. The van der Waals surface area contributed by atoms with Gasteiger partial charge in [-0.25, -0.2) is 0 Å². The van der Waals surface area contributed by atoms with Gasteiger partial charge in [-0.3, -0.25) is 29.5 Å². The van der Waals surface area contributed by atoms with Crippen molar-refractivity contribution in [1.29, 1.82) is 5.41 Å². The molecule has 2 unspecified atom stereocenters. The zero-order valence-corrected chi connectivity index (χ0v) is 26.7. The van der Waals surface area contributed by atoms with Crippen LogP contribution in [0.1, 0.15) is 51.2 Å². The highest BCUT2D eigenvalue weighted by atomic mass is 32.2. The summed E-state index contributed by atoms with van der Waals surface area (Å²) in [6.07, 6.45) is 14.0. The number of carbonyl (C=O) groups excluding carboxylic acids is 2. The molecule has 1 aromatic heterocycles. The lowest BCUT2D eigenvalue weighted by atomic mass is 10.2. The van der Waals surface area contributed by atoms with Crippen LogP contribution >= 0.6 is 11.9 Å². The zero-order chi connectivity index (χ0) is 33.5. The van der Waals surface area contributed by atoms with Gasteiger partial charge in [0.05, 0.1) is 6.04 Å². The minimum absolute atomic E-state index is 0.0314. The van der Waals surface area contributed by atoms with Crippen LogP contribution in [0.3, 0.4) is 0 Å². The van der Waals surface area contributed by atoms with Gasteiger partial charge < -0.3 is 21.5 Å². The smallest absolute Gasteiger partial charge is 0.303 e. The topological polar surface area (TPSA) is 200 Å². The highest BCUT2D eigenvalue weighted by Crippen LogP contribution is 2.16. The Kier molecular flexibility index (Phi) is 19.5. The summed E-state index contributed by atoms with van der Waals surface area (Å²) in [5.41, 5.74) is 9.88. The van der Waals surface area contributed by atoms with Crippen LogP contribution in [0, 0.1) is 10.3 Å². The Bertz CT molecular complexity index is 1310. The molecule has 2 atom stereocenters. The third-order valence-electron chi connectivity index (χ3n) is 6.17. The van der Waals surface area contributed by atoms with Crippen molar-refractivity contribution in [3.63, 3.8) is 0 Å². The van der Waals surface area contributed by atoms with Crippen molar-refractivity contribution in [1.82, 2.24) is 20.3 Å². The number of aromatic nitrogens is 1. The van der Waals surface area contributed by atoms with Gasteiger partial charge in [0.1, 0.15) is 11.5 Å². The number of rotatable bonds is 15. The molecule has 7 N–H and O–H groups in total. The molecular formula is C32H43N7O5S. The molecule has 0 bridgehead atoms. The molecule has 0 aliphatic heterocycles. The Balaban J connectivity index is 0.000000385. The van der Waals surface area contributed by atoms with E-state index in [0.717, 1.165) is 24.0 Å². The van der Waals surface area contributed by atoms with Gasteiger partial charge in [0.25, 0.3) is 0 Å². The molecule has 1 heterocycles. The molecule has 0 fully saturated rings. The number of amidine groups is 1. The van der Waals surface area contributed by atoms with Crippen molar-refractivity contribution in [3.8, 4) is 0 Å². The summed E-state index contributed by atoms with van der Waals surface area (Å²) in [5.74, 6) is -0.340. The number of pyridine rings is 1. The molecule has 1 aliphatic carbocycles. The van der Waals surface area contributed by atoms with Crippen molar-refractivity contribution in [2.75, 3.05) is 6.54 Å². The monoisotopic (exact) mass is 637 g/mol. The van der Waals surface area contributed by atoms with E-state index in [-0.39, 0.29) is 24.2 Å². The Morgan fingerprint density at radius 3 is 2.38 bits per heavy atom. The van der Waals surface area contributed by atoms with Gasteiger partial charge in [-0.2, -0.15) is 0 Å². The van der Waals surface area contributed by atoms with E-state index in [1.54, 1.807) is 32.1 Å². The number of hydrogen-bond acceptors (Lipinski definition) is 9. The normalized spacial score (nSPS) is 13.0. The van der Waals surface area contributed by atoms with Gasteiger partial charge in [-0.15, -0.1) is 4.91 Å². The quantitative estimate of drug-likeness (QED) is 0.0526. The number of nitrogens with two attached hydrogens (primary N) is 1. The van der Waals surface area contributed by atoms with E-state index in [1.807, 2.05) is 54.9 Å². The Morgan fingerprint density at radius 1 is 1.13 bits per heavy atom. The maximum Gasteiger partial charge on any atom is 0.303 e. The Hall–Kier alpha value is -4.62. The molecule has 0 radical (unpaired) electrons. The molecule has 2 amide bonds. The van der Waals surface area contributed by atoms with Crippen LogP contribution in [0.15, 0.2) is 89.4 Å². The standard InChI is InChI=1S/C15H21N3O4S.C10H13N3O.C7H9N/c1-10(3-8-14(19)20)16-15(21)11(2)18-23-9-12-4-6-13(17-22)7-5-12;11-10(12)9-3-1-2-8(4-5-9)6-13-7-14;1-2-7-3-5-8-6-4-7/h4-7,10-11,18H,3,8-9H2,1-2H3,(H,16,21)(H,19,20);1,3-5,7H,2,6H2,(H3,11,12)(H,13,14);3-6H,2H2,1H3. The van der Waals surface area contributed by atoms with Crippen LogP contribution in [0.5, 0.6) is 0 Å². The van der Waals surface area contributed by atoms with Crippen LogP contribution in [0.25, 0.3) is 0 Å². The van der Waals surface area contributed by atoms with Crippen LogP contribution in [-0.2, 0) is 26.6 Å². The second-order valence-corrected chi connectivity index (χ2v) is 10.7. The van der Waals surface area contributed by atoms with Crippen LogP contribution < -0.4 is 21.1 Å². The average molecular weight is 638 g/mol. The molecule has 12 nitrogen and oxygen atoms in total. The van der Waals surface area contributed by atoms with Crippen molar-refractivity contribution < 1.29 is 19.5 Å². The summed E-state index contributed by atoms with van der Waals surface area (Å²) in [5, 5.41) is 24.1. The van der Waals surface area contributed by atoms with Crippen molar-refractivity contribution in [2.45, 2.75) is 64.3 Å². The SMILES string of the molecule is CC(CCC(=O)O)NC(=O)C(C)NSCc1ccc(N=O)cc1.CCc1ccncc1.N=C(N)C1=CC=C(CNC=O)CC=C1. The number of amides is 2. The summed E-state index contributed by atoms with van der Waals surface area (Å²) in [6, 6.07) is 10.4. The van der Waals surface area contributed by atoms with Gasteiger partial charge in [0, 0.05) is 42.7 Å². The summed E-state index contributed by atoms with van der Waals surface area (Å²) in [7, 11) is 0. The molecule has 45 heavy (non-hydrogen) atoms. The van der Waals surface area contributed by atoms with Crippen molar-refractivity contribution >= 4 is 41.8 Å². The largest absolute Gasteiger partial charge is 0.481 e. The number of nitroso groups, excluding NO2 is 1. The Labute approximate surface area is 268 Å². The zero-order valence-electron chi connectivity index (χ0n) is 25.9. The second-order valence-electron chi connectivity index (χ2n) is 9.90. The van der Waals surface area contributed by atoms with E-state index in [9.17, 15) is 19.3 Å². The van der Waals surface area contributed by atoms with Crippen LogP contribution in [0.4, 0.5) is 5.69 Å². The summed E-state index contributed by atoms with van der Waals surface area (Å²) in [4.78, 5) is 46.7. The van der Waals surface area contributed by atoms with E-state index >= 15 is 0 Å². The van der Waals surface area contributed by atoms with Crippen molar-refractivity contribution in [3.05, 3.63) is 100 Å². The number of benzene rings is 1. The lowest BCUT2D eigenvalue weighted by Gasteiger charge is -2.17. The first-order chi connectivity index (χ1) is 21.6. The lowest BCUT2D eigenvalue weighted by molar-refractivity contribution is -0.137. The number of carboxylic acid groups (broad SMARTS) is 1. The number of nitrogens with zero attached hydrogens (tertiary/aromatic N) is 2. The molecule has 13 heteroatoms. The van der Waals surface area contributed by atoms with E-state index in [0.29, 0.717) is 36.4 Å². The third kappa shape index (κ3) is 17.9.